The number of nitrogens with zero attached hydrogens (tertiary/aromatic N) is 5. The van der Waals surface area contributed by atoms with Crippen LogP contribution in [0.25, 0.3) is 0 Å². The number of anilines is 2. The molecule has 0 spiro atoms. The van der Waals surface area contributed by atoms with Crippen molar-refractivity contribution in [2.75, 3.05) is 37.5 Å². The SMILES string of the molecule is CNC(=O)C1CCCCN1c1nc(Cl)nc(N(C)C)n1. The van der Waals surface area contributed by atoms with Gasteiger partial charge in [-0.05, 0) is 30.9 Å². The third kappa shape index (κ3) is 3.09. The van der Waals surface area contributed by atoms with E-state index in [9.17, 15) is 4.79 Å². The number of carbonyl (C=O) groups is 1. The zero-order valence-electron chi connectivity index (χ0n) is 11.9. The van der Waals surface area contributed by atoms with Crippen LogP contribution >= 0.6 is 11.6 Å². The summed E-state index contributed by atoms with van der Waals surface area (Å²) >= 11 is 5.96. The Balaban J connectivity index is 2.34. The Hall–Kier alpha value is -1.63. The quantitative estimate of drug-likeness (QED) is 0.885. The Bertz CT molecular complexity index is 495. The van der Waals surface area contributed by atoms with Gasteiger partial charge in [0.15, 0.2) is 0 Å². The van der Waals surface area contributed by atoms with E-state index >= 15 is 0 Å². The highest BCUT2D eigenvalue weighted by atomic mass is 35.5. The Kier molecular flexibility index (Phi) is 4.59. The highest BCUT2D eigenvalue weighted by Gasteiger charge is 2.30. The molecule has 1 N–H and O–H groups in total. The van der Waals surface area contributed by atoms with Crippen LogP contribution in [0.3, 0.4) is 0 Å². The standard InChI is InChI=1S/C12H19ClN6O/c1-14-9(20)8-6-4-5-7-19(8)12-16-10(13)15-11(17-12)18(2)3/h8H,4-7H2,1-3H3,(H,14,20). The van der Waals surface area contributed by atoms with E-state index in [1.54, 1.807) is 11.9 Å². The number of carbonyl (C=O) groups excluding carboxylic acids is 1. The normalized spacial score (nSPS) is 18.8. The van der Waals surface area contributed by atoms with Crippen LogP contribution in [-0.4, -0.2) is 54.6 Å². The van der Waals surface area contributed by atoms with E-state index in [4.69, 9.17) is 11.6 Å². The summed E-state index contributed by atoms with van der Waals surface area (Å²) in [7, 11) is 5.31. The van der Waals surface area contributed by atoms with E-state index in [-0.39, 0.29) is 17.2 Å². The fourth-order valence-electron chi connectivity index (χ4n) is 2.27. The van der Waals surface area contributed by atoms with Crippen molar-refractivity contribution in [3.8, 4) is 0 Å². The molecule has 0 aliphatic carbocycles. The number of likely N-dealkylation sites (N-methyl/N-ethyl adjacent to an activating group) is 1. The number of aromatic nitrogens is 3. The van der Waals surface area contributed by atoms with Gasteiger partial charge in [-0.2, -0.15) is 15.0 Å². The molecule has 0 aromatic carbocycles. The molecule has 1 unspecified atom stereocenters. The average molecular weight is 299 g/mol. The van der Waals surface area contributed by atoms with Crippen LogP contribution in [0, 0.1) is 0 Å². The van der Waals surface area contributed by atoms with Crippen molar-refractivity contribution in [3.05, 3.63) is 5.28 Å². The molecule has 0 radical (unpaired) electrons. The van der Waals surface area contributed by atoms with Gasteiger partial charge in [0.25, 0.3) is 0 Å². The number of hydrogen-bond acceptors (Lipinski definition) is 6. The Morgan fingerprint density at radius 3 is 2.75 bits per heavy atom. The number of amides is 1. The van der Waals surface area contributed by atoms with Crippen molar-refractivity contribution in [1.29, 1.82) is 0 Å². The van der Waals surface area contributed by atoms with Gasteiger partial charge in [-0.3, -0.25) is 4.79 Å². The molecule has 1 aliphatic heterocycles. The Morgan fingerprint density at radius 1 is 1.35 bits per heavy atom. The third-order valence-corrected chi connectivity index (χ3v) is 3.46. The third-order valence-electron chi connectivity index (χ3n) is 3.29. The first-order chi connectivity index (χ1) is 9.52. The predicted octanol–water partition coefficient (Wildman–Crippen LogP) is 0.696. The van der Waals surface area contributed by atoms with E-state index in [1.165, 1.54) is 0 Å². The van der Waals surface area contributed by atoms with Gasteiger partial charge < -0.3 is 15.1 Å². The lowest BCUT2D eigenvalue weighted by Gasteiger charge is -2.34. The number of piperidine rings is 1. The van der Waals surface area contributed by atoms with Crippen molar-refractivity contribution >= 4 is 29.4 Å². The highest BCUT2D eigenvalue weighted by Crippen LogP contribution is 2.24. The number of hydrogen-bond donors (Lipinski definition) is 1. The van der Waals surface area contributed by atoms with Gasteiger partial charge in [-0.1, -0.05) is 0 Å². The molecule has 20 heavy (non-hydrogen) atoms. The maximum absolute atomic E-state index is 12.0. The Morgan fingerprint density at radius 2 is 2.10 bits per heavy atom. The summed E-state index contributed by atoms with van der Waals surface area (Å²) in [5.74, 6) is 0.927. The maximum atomic E-state index is 12.0. The van der Waals surface area contributed by atoms with Crippen molar-refractivity contribution in [1.82, 2.24) is 20.3 Å². The van der Waals surface area contributed by atoms with Crippen LogP contribution in [0.1, 0.15) is 19.3 Å². The van der Waals surface area contributed by atoms with Crippen molar-refractivity contribution in [2.24, 2.45) is 0 Å². The summed E-state index contributed by atoms with van der Waals surface area (Å²) in [6, 6.07) is -0.248. The van der Waals surface area contributed by atoms with Crippen LogP contribution in [0.15, 0.2) is 0 Å². The number of nitrogens with one attached hydrogen (secondary N) is 1. The average Bonchev–Trinajstić information content (AvgIpc) is 2.45. The summed E-state index contributed by atoms with van der Waals surface area (Å²) < 4.78 is 0. The van der Waals surface area contributed by atoms with Crippen molar-refractivity contribution in [2.45, 2.75) is 25.3 Å². The van der Waals surface area contributed by atoms with Crippen LogP contribution in [0.5, 0.6) is 0 Å². The monoisotopic (exact) mass is 298 g/mol. The van der Waals surface area contributed by atoms with Gasteiger partial charge in [0.05, 0.1) is 0 Å². The predicted molar refractivity (Wildman–Crippen MR) is 78.2 cm³/mol. The number of rotatable bonds is 3. The minimum atomic E-state index is -0.248. The molecule has 7 nitrogen and oxygen atoms in total. The lowest BCUT2D eigenvalue weighted by atomic mass is 10.0. The first kappa shape index (κ1) is 14.8. The second-order valence-corrected chi connectivity index (χ2v) is 5.26. The minimum Gasteiger partial charge on any atom is -0.357 e. The molecule has 1 atom stereocenters. The number of halogens is 1. The lowest BCUT2D eigenvalue weighted by Crippen LogP contribution is -2.49. The van der Waals surface area contributed by atoms with Crippen LogP contribution < -0.4 is 15.1 Å². The van der Waals surface area contributed by atoms with Gasteiger partial charge >= 0.3 is 0 Å². The molecule has 1 aromatic rings. The van der Waals surface area contributed by atoms with Crippen molar-refractivity contribution in [3.63, 3.8) is 0 Å². The molecule has 110 valence electrons. The van der Waals surface area contributed by atoms with E-state index in [0.29, 0.717) is 11.9 Å². The summed E-state index contributed by atoms with van der Waals surface area (Å²) in [5, 5.41) is 2.83. The molecule has 1 saturated heterocycles. The molecule has 2 rings (SSSR count). The maximum Gasteiger partial charge on any atom is 0.242 e. The second-order valence-electron chi connectivity index (χ2n) is 4.92. The first-order valence-corrected chi connectivity index (χ1v) is 6.98. The van der Waals surface area contributed by atoms with E-state index in [1.807, 2.05) is 19.0 Å². The zero-order valence-corrected chi connectivity index (χ0v) is 12.7. The largest absolute Gasteiger partial charge is 0.357 e. The molecular formula is C12H19ClN6O. The lowest BCUT2D eigenvalue weighted by molar-refractivity contribution is -0.122. The molecule has 8 heteroatoms. The van der Waals surface area contributed by atoms with Crippen LogP contribution in [0.2, 0.25) is 5.28 Å². The summed E-state index contributed by atoms with van der Waals surface area (Å²) in [6.07, 6.45) is 2.82. The van der Waals surface area contributed by atoms with Gasteiger partial charge in [-0.15, -0.1) is 0 Å². The minimum absolute atomic E-state index is 0.0207. The fraction of sp³-hybridized carbons (Fsp3) is 0.667. The van der Waals surface area contributed by atoms with Gasteiger partial charge in [0.2, 0.25) is 23.1 Å². The molecule has 1 fully saturated rings. The Labute approximate surface area is 123 Å². The smallest absolute Gasteiger partial charge is 0.242 e. The van der Waals surface area contributed by atoms with Crippen LogP contribution in [-0.2, 0) is 4.79 Å². The highest BCUT2D eigenvalue weighted by molar-refractivity contribution is 6.28. The van der Waals surface area contributed by atoms with Gasteiger partial charge in [-0.25, -0.2) is 0 Å². The summed E-state index contributed by atoms with van der Waals surface area (Å²) in [5.41, 5.74) is 0. The van der Waals surface area contributed by atoms with E-state index < -0.39 is 0 Å². The fourth-order valence-corrected chi connectivity index (χ4v) is 2.42. The topological polar surface area (TPSA) is 74.2 Å². The molecule has 1 aliphatic rings. The summed E-state index contributed by atoms with van der Waals surface area (Å²) in [6.45, 7) is 0.741. The van der Waals surface area contributed by atoms with E-state index in [2.05, 4.69) is 20.3 Å². The van der Waals surface area contributed by atoms with Crippen LogP contribution in [0.4, 0.5) is 11.9 Å². The summed E-state index contributed by atoms with van der Waals surface area (Å²) in [4.78, 5) is 28.3. The van der Waals surface area contributed by atoms with E-state index in [0.717, 1.165) is 25.8 Å². The second kappa shape index (κ2) is 6.21. The van der Waals surface area contributed by atoms with Crippen molar-refractivity contribution < 1.29 is 4.79 Å². The molecular weight excluding hydrogens is 280 g/mol. The first-order valence-electron chi connectivity index (χ1n) is 6.60. The zero-order chi connectivity index (χ0) is 14.7. The van der Waals surface area contributed by atoms with Gasteiger partial charge in [0, 0.05) is 27.7 Å². The molecule has 1 amide bonds. The molecule has 0 saturated carbocycles. The molecule has 1 aromatic heterocycles. The molecule has 0 bridgehead atoms. The van der Waals surface area contributed by atoms with Gasteiger partial charge in [0.1, 0.15) is 6.04 Å². The molecule has 2 heterocycles.